The van der Waals surface area contributed by atoms with Crippen LogP contribution in [0.15, 0.2) is 48.5 Å². The maximum atomic E-state index is 13.9. The Morgan fingerprint density at radius 2 is 1.77 bits per heavy atom. The molecule has 1 heterocycles. The summed E-state index contributed by atoms with van der Waals surface area (Å²) in [7, 11) is 0. The molecule has 3 aromatic rings. The number of amides is 1. The molecule has 1 aliphatic carbocycles. The molecule has 0 unspecified atom stereocenters. The molecule has 0 bridgehead atoms. The molecule has 1 aromatic heterocycles. The average molecular weight is 417 g/mol. The molecule has 1 saturated carbocycles. The van der Waals surface area contributed by atoms with Gasteiger partial charge in [0.1, 0.15) is 0 Å². The Balaban J connectivity index is 1.92. The molecule has 0 spiro atoms. The fraction of sp³-hybridized carbons (Fsp3) is 0.346. The van der Waals surface area contributed by atoms with Gasteiger partial charge in [0.05, 0.1) is 22.3 Å². The van der Waals surface area contributed by atoms with Gasteiger partial charge < -0.3 is 10.0 Å². The van der Waals surface area contributed by atoms with Gasteiger partial charge in [0, 0.05) is 23.5 Å². The van der Waals surface area contributed by atoms with E-state index in [9.17, 15) is 14.7 Å². The van der Waals surface area contributed by atoms with Crippen molar-refractivity contribution in [3.05, 3.63) is 65.2 Å². The number of carbonyl (C=O) groups excluding carboxylic acids is 1. The zero-order chi connectivity index (χ0) is 22.0. The van der Waals surface area contributed by atoms with Crippen LogP contribution in [0.25, 0.3) is 22.2 Å². The standard InChI is InChI=1S/C26H28N2O3/c1-3-28(20-12-8-5-9-13-20)25(29)23-17(2)24(18-10-6-4-7-11-18)27-22-16-19(26(30)31)14-15-21(22)23/h4,6-7,10-11,14-16,20H,3,5,8-9,12-13H2,1-2H3,(H,30,31). The van der Waals surface area contributed by atoms with Gasteiger partial charge in [-0.1, -0.05) is 55.7 Å². The van der Waals surface area contributed by atoms with Crippen LogP contribution in [-0.2, 0) is 0 Å². The zero-order valence-corrected chi connectivity index (χ0v) is 18.1. The monoisotopic (exact) mass is 416 g/mol. The number of hydrogen-bond acceptors (Lipinski definition) is 3. The van der Waals surface area contributed by atoms with E-state index in [0.29, 0.717) is 23.0 Å². The molecule has 5 heteroatoms. The van der Waals surface area contributed by atoms with Gasteiger partial charge in [-0.05, 0) is 44.4 Å². The largest absolute Gasteiger partial charge is 0.478 e. The highest BCUT2D eigenvalue weighted by Crippen LogP contribution is 2.33. The number of carbonyl (C=O) groups is 2. The van der Waals surface area contributed by atoms with Gasteiger partial charge in [0.15, 0.2) is 0 Å². The molecule has 4 rings (SSSR count). The SMILES string of the molecule is CCN(C(=O)c1c(C)c(-c2ccccc2)nc2cc(C(=O)O)ccc12)C1CCCCC1. The van der Waals surface area contributed by atoms with Crippen LogP contribution in [0.1, 0.15) is 65.3 Å². The molecule has 0 aliphatic heterocycles. The van der Waals surface area contributed by atoms with E-state index in [-0.39, 0.29) is 17.5 Å². The molecule has 1 amide bonds. The Kier molecular flexibility index (Phi) is 6.03. The van der Waals surface area contributed by atoms with Crippen LogP contribution in [0.4, 0.5) is 0 Å². The van der Waals surface area contributed by atoms with E-state index < -0.39 is 5.97 Å². The van der Waals surface area contributed by atoms with Crippen LogP contribution in [0, 0.1) is 6.92 Å². The summed E-state index contributed by atoms with van der Waals surface area (Å²) in [5, 5.41) is 10.2. The lowest BCUT2D eigenvalue weighted by molar-refractivity contribution is 0.0648. The summed E-state index contributed by atoms with van der Waals surface area (Å²) in [6, 6.07) is 14.9. The van der Waals surface area contributed by atoms with Crippen LogP contribution in [0.5, 0.6) is 0 Å². The van der Waals surface area contributed by atoms with Crippen LogP contribution >= 0.6 is 0 Å². The van der Waals surface area contributed by atoms with Gasteiger partial charge in [0.25, 0.3) is 5.91 Å². The Morgan fingerprint density at radius 3 is 2.42 bits per heavy atom. The molecule has 0 saturated heterocycles. The lowest BCUT2D eigenvalue weighted by Crippen LogP contribution is -2.41. The number of pyridine rings is 1. The fourth-order valence-corrected chi connectivity index (χ4v) is 4.75. The van der Waals surface area contributed by atoms with E-state index in [0.717, 1.165) is 42.5 Å². The number of carboxylic acids is 1. The molecule has 31 heavy (non-hydrogen) atoms. The second-order valence-corrected chi connectivity index (χ2v) is 8.25. The Morgan fingerprint density at radius 1 is 1.06 bits per heavy atom. The van der Waals surface area contributed by atoms with Crippen molar-refractivity contribution < 1.29 is 14.7 Å². The van der Waals surface area contributed by atoms with Gasteiger partial charge in [-0.25, -0.2) is 9.78 Å². The third kappa shape index (κ3) is 4.05. The molecule has 2 aromatic carbocycles. The number of aromatic nitrogens is 1. The predicted octanol–water partition coefficient (Wildman–Crippen LogP) is 5.70. The molecule has 0 atom stereocenters. The second-order valence-electron chi connectivity index (χ2n) is 8.25. The third-order valence-corrected chi connectivity index (χ3v) is 6.35. The first-order valence-electron chi connectivity index (χ1n) is 11.0. The number of rotatable bonds is 5. The van der Waals surface area contributed by atoms with Gasteiger partial charge in [-0.15, -0.1) is 0 Å². The van der Waals surface area contributed by atoms with E-state index in [1.54, 1.807) is 18.2 Å². The number of fused-ring (bicyclic) bond motifs is 1. The molecule has 0 radical (unpaired) electrons. The van der Waals surface area contributed by atoms with Crippen molar-refractivity contribution in [2.45, 2.75) is 52.0 Å². The summed E-state index contributed by atoms with van der Waals surface area (Å²) < 4.78 is 0. The van der Waals surface area contributed by atoms with Crippen molar-refractivity contribution in [3.8, 4) is 11.3 Å². The minimum absolute atomic E-state index is 0.0135. The van der Waals surface area contributed by atoms with Gasteiger partial charge >= 0.3 is 5.97 Å². The fourth-order valence-electron chi connectivity index (χ4n) is 4.75. The van der Waals surface area contributed by atoms with Crippen LogP contribution < -0.4 is 0 Å². The third-order valence-electron chi connectivity index (χ3n) is 6.35. The smallest absolute Gasteiger partial charge is 0.335 e. The Bertz CT molecular complexity index is 1120. The van der Waals surface area contributed by atoms with E-state index in [1.807, 2.05) is 49.1 Å². The maximum absolute atomic E-state index is 13.9. The van der Waals surface area contributed by atoms with Crippen LogP contribution in [-0.4, -0.2) is 39.5 Å². The highest BCUT2D eigenvalue weighted by molar-refractivity contribution is 6.10. The second kappa shape index (κ2) is 8.88. The quantitative estimate of drug-likeness (QED) is 0.579. The molecular formula is C26H28N2O3. The molecule has 1 N–H and O–H groups in total. The van der Waals surface area contributed by atoms with E-state index >= 15 is 0 Å². The van der Waals surface area contributed by atoms with E-state index in [4.69, 9.17) is 4.98 Å². The molecular weight excluding hydrogens is 388 g/mol. The summed E-state index contributed by atoms with van der Waals surface area (Å²) in [4.78, 5) is 32.2. The van der Waals surface area contributed by atoms with Gasteiger partial charge in [0.2, 0.25) is 0 Å². The number of carboxylic acid groups (broad SMARTS) is 1. The summed E-state index contributed by atoms with van der Waals surface area (Å²) in [5.74, 6) is -0.990. The minimum Gasteiger partial charge on any atom is -0.478 e. The average Bonchev–Trinajstić information content (AvgIpc) is 2.80. The van der Waals surface area contributed by atoms with Gasteiger partial charge in [-0.3, -0.25) is 4.79 Å². The van der Waals surface area contributed by atoms with Crippen molar-refractivity contribution in [2.24, 2.45) is 0 Å². The lowest BCUT2D eigenvalue weighted by atomic mass is 9.92. The van der Waals surface area contributed by atoms with E-state index in [1.165, 1.54) is 6.42 Å². The topological polar surface area (TPSA) is 70.5 Å². The molecule has 1 aliphatic rings. The molecule has 160 valence electrons. The van der Waals surface area contributed by atoms with Crippen LogP contribution in [0.2, 0.25) is 0 Å². The Hall–Kier alpha value is -3.21. The number of nitrogens with zero attached hydrogens (tertiary/aromatic N) is 2. The van der Waals surface area contributed by atoms with Gasteiger partial charge in [-0.2, -0.15) is 0 Å². The normalized spacial score (nSPS) is 14.5. The predicted molar refractivity (Wildman–Crippen MR) is 122 cm³/mol. The first-order chi connectivity index (χ1) is 15.0. The molecule has 1 fully saturated rings. The number of aromatic carboxylic acids is 1. The zero-order valence-electron chi connectivity index (χ0n) is 18.1. The number of hydrogen-bond donors (Lipinski definition) is 1. The first kappa shape index (κ1) is 21.0. The van der Waals surface area contributed by atoms with E-state index in [2.05, 4.69) is 0 Å². The lowest BCUT2D eigenvalue weighted by Gasteiger charge is -2.34. The van der Waals surface area contributed by atoms with Crippen molar-refractivity contribution in [1.29, 1.82) is 0 Å². The van der Waals surface area contributed by atoms with Crippen LogP contribution in [0.3, 0.4) is 0 Å². The van der Waals surface area contributed by atoms with Crippen molar-refractivity contribution >= 4 is 22.8 Å². The maximum Gasteiger partial charge on any atom is 0.335 e. The molecule has 5 nitrogen and oxygen atoms in total. The highest BCUT2D eigenvalue weighted by atomic mass is 16.4. The van der Waals surface area contributed by atoms with Crippen molar-refractivity contribution in [1.82, 2.24) is 9.88 Å². The highest BCUT2D eigenvalue weighted by Gasteiger charge is 2.28. The summed E-state index contributed by atoms with van der Waals surface area (Å²) >= 11 is 0. The summed E-state index contributed by atoms with van der Waals surface area (Å²) in [6.07, 6.45) is 5.62. The number of benzene rings is 2. The first-order valence-corrected chi connectivity index (χ1v) is 11.0. The van der Waals surface area contributed by atoms with Crippen molar-refractivity contribution in [3.63, 3.8) is 0 Å². The summed E-state index contributed by atoms with van der Waals surface area (Å²) in [6.45, 7) is 4.63. The minimum atomic E-state index is -1.00. The summed E-state index contributed by atoms with van der Waals surface area (Å²) in [5.41, 5.74) is 3.80. The Labute approximate surface area is 182 Å². The van der Waals surface area contributed by atoms with Crippen molar-refractivity contribution in [2.75, 3.05) is 6.54 Å².